The lowest BCUT2D eigenvalue weighted by Gasteiger charge is -2.11. The molecule has 1 aliphatic rings. The second kappa shape index (κ2) is 4.96. The highest BCUT2D eigenvalue weighted by Crippen LogP contribution is 2.27. The minimum atomic E-state index is -2.94. The number of hydrogen-bond donors (Lipinski definition) is 1. The standard InChI is InChI=1S/C12H18N2O4S/c1-8-11(3-4-12(15)16)9(2)14(13-8)10-5-6-19(17,18)7-10/h10H,3-7H2,1-2H3,(H,15,16)/t10-/m1/s1. The molecule has 0 amide bonds. The number of carboxylic acids is 1. The van der Waals surface area contributed by atoms with Crippen LogP contribution in [0.1, 0.15) is 35.8 Å². The van der Waals surface area contributed by atoms with Gasteiger partial charge in [0.05, 0.1) is 23.2 Å². The topological polar surface area (TPSA) is 89.3 Å². The number of nitrogens with zero attached hydrogens (tertiary/aromatic N) is 2. The minimum absolute atomic E-state index is 0.0658. The first-order chi connectivity index (χ1) is 8.80. The fourth-order valence-electron chi connectivity index (χ4n) is 2.61. The number of rotatable bonds is 4. The zero-order valence-electron chi connectivity index (χ0n) is 11.1. The van der Waals surface area contributed by atoms with Crippen LogP contribution in [0, 0.1) is 13.8 Å². The summed E-state index contributed by atoms with van der Waals surface area (Å²) in [6.07, 6.45) is 1.09. The van der Waals surface area contributed by atoms with Gasteiger partial charge in [-0.3, -0.25) is 9.48 Å². The van der Waals surface area contributed by atoms with E-state index >= 15 is 0 Å². The molecule has 19 heavy (non-hydrogen) atoms. The summed E-state index contributed by atoms with van der Waals surface area (Å²) >= 11 is 0. The number of aryl methyl sites for hydroxylation is 1. The lowest BCUT2D eigenvalue weighted by Crippen LogP contribution is -2.14. The Balaban J connectivity index is 2.24. The summed E-state index contributed by atoms with van der Waals surface area (Å²) in [5.41, 5.74) is 2.61. The number of carboxylic acid groups (broad SMARTS) is 1. The van der Waals surface area contributed by atoms with Crippen LogP contribution in [-0.2, 0) is 21.1 Å². The van der Waals surface area contributed by atoms with Crippen molar-refractivity contribution in [1.82, 2.24) is 9.78 Å². The van der Waals surface area contributed by atoms with Crippen molar-refractivity contribution in [3.05, 3.63) is 17.0 Å². The van der Waals surface area contributed by atoms with Crippen molar-refractivity contribution in [3.8, 4) is 0 Å². The van der Waals surface area contributed by atoms with E-state index in [2.05, 4.69) is 5.10 Å². The molecule has 0 radical (unpaired) electrons. The van der Waals surface area contributed by atoms with Crippen molar-refractivity contribution < 1.29 is 18.3 Å². The van der Waals surface area contributed by atoms with Crippen molar-refractivity contribution in [2.75, 3.05) is 11.5 Å². The van der Waals surface area contributed by atoms with E-state index in [-0.39, 0.29) is 24.0 Å². The zero-order chi connectivity index (χ0) is 14.2. The summed E-state index contributed by atoms with van der Waals surface area (Å²) in [5.74, 6) is -0.497. The van der Waals surface area contributed by atoms with E-state index in [1.54, 1.807) is 4.68 Å². The number of sulfone groups is 1. The third-order valence-corrected chi connectivity index (χ3v) is 5.37. The molecule has 1 aromatic heterocycles. The van der Waals surface area contributed by atoms with E-state index in [0.717, 1.165) is 17.0 Å². The maximum Gasteiger partial charge on any atom is 0.303 e. The van der Waals surface area contributed by atoms with Crippen molar-refractivity contribution in [3.63, 3.8) is 0 Å². The molecular formula is C12H18N2O4S. The van der Waals surface area contributed by atoms with Gasteiger partial charge in [0.2, 0.25) is 0 Å². The summed E-state index contributed by atoms with van der Waals surface area (Å²) in [5, 5.41) is 13.1. The quantitative estimate of drug-likeness (QED) is 0.887. The number of aromatic nitrogens is 2. The molecule has 2 heterocycles. The van der Waals surface area contributed by atoms with Crippen molar-refractivity contribution in [1.29, 1.82) is 0 Å². The summed E-state index contributed by atoms with van der Waals surface area (Å²) in [6, 6.07) is -0.109. The first-order valence-corrected chi connectivity index (χ1v) is 8.09. The Hall–Kier alpha value is -1.37. The molecule has 6 nitrogen and oxygen atoms in total. The van der Waals surface area contributed by atoms with E-state index in [9.17, 15) is 13.2 Å². The second-order valence-corrected chi connectivity index (χ2v) is 7.27. The molecule has 106 valence electrons. The second-order valence-electron chi connectivity index (χ2n) is 5.04. The zero-order valence-corrected chi connectivity index (χ0v) is 11.9. The van der Waals surface area contributed by atoms with Crippen LogP contribution in [0.15, 0.2) is 0 Å². The molecule has 0 unspecified atom stereocenters. The van der Waals surface area contributed by atoms with Gasteiger partial charge in [-0.1, -0.05) is 0 Å². The van der Waals surface area contributed by atoms with Gasteiger partial charge in [0.25, 0.3) is 0 Å². The Bertz CT molecular complexity index is 603. The normalized spacial score (nSPS) is 21.7. The molecule has 1 atom stereocenters. The maximum atomic E-state index is 11.5. The predicted molar refractivity (Wildman–Crippen MR) is 70.0 cm³/mol. The van der Waals surface area contributed by atoms with Gasteiger partial charge in [0.15, 0.2) is 9.84 Å². The minimum Gasteiger partial charge on any atom is -0.481 e. The van der Waals surface area contributed by atoms with Crippen LogP contribution in [0.25, 0.3) is 0 Å². The van der Waals surface area contributed by atoms with Crippen LogP contribution < -0.4 is 0 Å². The molecule has 0 bridgehead atoms. The number of carbonyl (C=O) groups is 1. The Morgan fingerprint density at radius 2 is 2.16 bits per heavy atom. The molecule has 1 N–H and O–H groups in total. The average Bonchev–Trinajstić information content (AvgIpc) is 2.77. The molecule has 7 heteroatoms. The van der Waals surface area contributed by atoms with E-state index in [1.165, 1.54) is 0 Å². The van der Waals surface area contributed by atoms with Gasteiger partial charge in [0, 0.05) is 12.1 Å². The van der Waals surface area contributed by atoms with Crippen LogP contribution in [0.4, 0.5) is 0 Å². The fourth-order valence-corrected chi connectivity index (χ4v) is 4.31. The Morgan fingerprint density at radius 1 is 1.47 bits per heavy atom. The van der Waals surface area contributed by atoms with Crippen LogP contribution in [-0.4, -0.2) is 40.8 Å². The highest BCUT2D eigenvalue weighted by atomic mass is 32.2. The predicted octanol–water partition coefficient (Wildman–Crippen LogP) is 0.877. The van der Waals surface area contributed by atoms with Gasteiger partial charge in [-0.05, 0) is 32.3 Å². The number of hydrogen-bond acceptors (Lipinski definition) is 4. The van der Waals surface area contributed by atoms with Crippen molar-refractivity contribution in [2.24, 2.45) is 0 Å². The van der Waals surface area contributed by atoms with Crippen LogP contribution in [0.5, 0.6) is 0 Å². The maximum absolute atomic E-state index is 11.5. The van der Waals surface area contributed by atoms with Crippen LogP contribution >= 0.6 is 0 Å². The smallest absolute Gasteiger partial charge is 0.303 e. The molecule has 0 saturated carbocycles. The average molecular weight is 286 g/mol. The SMILES string of the molecule is Cc1nn([C@@H]2CCS(=O)(=O)C2)c(C)c1CCC(=O)O. The van der Waals surface area contributed by atoms with E-state index in [4.69, 9.17) is 5.11 Å². The van der Waals surface area contributed by atoms with Gasteiger partial charge in [-0.2, -0.15) is 5.10 Å². The monoisotopic (exact) mass is 286 g/mol. The first-order valence-electron chi connectivity index (χ1n) is 6.27. The molecule has 0 aromatic carbocycles. The van der Waals surface area contributed by atoms with Crippen molar-refractivity contribution >= 4 is 15.8 Å². The van der Waals surface area contributed by atoms with E-state index < -0.39 is 15.8 Å². The lowest BCUT2D eigenvalue weighted by molar-refractivity contribution is -0.136. The van der Waals surface area contributed by atoms with Gasteiger partial charge in [0.1, 0.15) is 0 Å². The highest BCUT2D eigenvalue weighted by Gasteiger charge is 2.31. The first kappa shape index (κ1) is 14.0. The summed E-state index contributed by atoms with van der Waals surface area (Å²) in [6.45, 7) is 3.71. The summed E-state index contributed by atoms with van der Waals surface area (Å²) in [7, 11) is -2.94. The Kier molecular flexibility index (Phi) is 3.66. The van der Waals surface area contributed by atoms with Gasteiger partial charge < -0.3 is 5.11 Å². The highest BCUT2D eigenvalue weighted by molar-refractivity contribution is 7.91. The molecule has 1 aromatic rings. The largest absolute Gasteiger partial charge is 0.481 e. The van der Waals surface area contributed by atoms with Gasteiger partial charge in [-0.25, -0.2) is 8.42 Å². The molecule has 1 aliphatic heterocycles. The van der Waals surface area contributed by atoms with E-state index in [0.29, 0.717) is 12.8 Å². The Labute approximate surface area is 112 Å². The molecule has 1 fully saturated rings. The van der Waals surface area contributed by atoms with Crippen LogP contribution in [0.3, 0.4) is 0 Å². The number of aliphatic carboxylic acids is 1. The summed E-state index contributed by atoms with van der Waals surface area (Å²) in [4.78, 5) is 10.6. The molecule has 1 saturated heterocycles. The molecule has 0 spiro atoms. The van der Waals surface area contributed by atoms with E-state index in [1.807, 2.05) is 13.8 Å². The third-order valence-electron chi connectivity index (χ3n) is 3.62. The fraction of sp³-hybridized carbons (Fsp3) is 0.667. The molecular weight excluding hydrogens is 268 g/mol. The van der Waals surface area contributed by atoms with Crippen LogP contribution in [0.2, 0.25) is 0 Å². The van der Waals surface area contributed by atoms with Gasteiger partial charge in [-0.15, -0.1) is 0 Å². The molecule has 2 rings (SSSR count). The molecule has 0 aliphatic carbocycles. The third kappa shape index (κ3) is 2.97. The van der Waals surface area contributed by atoms with Crippen molar-refractivity contribution in [2.45, 2.75) is 39.2 Å². The summed E-state index contributed by atoms with van der Waals surface area (Å²) < 4.78 is 24.8. The lowest BCUT2D eigenvalue weighted by atomic mass is 10.1. The van der Waals surface area contributed by atoms with Gasteiger partial charge >= 0.3 is 5.97 Å². The Morgan fingerprint density at radius 3 is 2.68 bits per heavy atom.